The summed E-state index contributed by atoms with van der Waals surface area (Å²) >= 11 is 0. The van der Waals surface area contributed by atoms with Gasteiger partial charge in [0.25, 0.3) is 0 Å². The van der Waals surface area contributed by atoms with E-state index in [4.69, 9.17) is 0 Å². The van der Waals surface area contributed by atoms with Gasteiger partial charge in [0.05, 0.1) is 0 Å². The van der Waals surface area contributed by atoms with Crippen LogP contribution in [0.15, 0.2) is 28.9 Å². The summed E-state index contributed by atoms with van der Waals surface area (Å²) in [5.41, 5.74) is 1.22. The van der Waals surface area contributed by atoms with Gasteiger partial charge in [-0.15, -0.1) is 0 Å². The molecule has 0 fully saturated rings. The van der Waals surface area contributed by atoms with E-state index < -0.39 is 0 Å². The summed E-state index contributed by atoms with van der Waals surface area (Å²) in [4.78, 5) is 4.00. The molecule has 12 heavy (non-hydrogen) atoms. The number of rotatable bonds is 0. The minimum absolute atomic E-state index is 0.966. The highest BCUT2D eigenvalue weighted by Crippen LogP contribution is 1.98. The molecule has 0 spiro atoms. The van der Waals surface area contributed by atoms with Gasteiger partial charge in [0.1, 0.15) is 0 Å². The molecule has 0 radical (unpaired) electrons. The molecular formula is C11H21N. The van der Waals surface area contributed by atoms with Crippen LogP contribution in [0.5, 0.6) is 0 Å². The van der Waals surface area contributed by atoms with Crippen molar-refractivity contribution in [1.29, 1.82) is 0 Å². The highest BCUT2D eigenvalue weighted by molar-refractivity contribution is 5.61. The van der Waals surface area contributed by atoms with Gasteiger partial charge in [-0.2, -0.15) is 0 Å². The molecule has 0 unspecified atom stereocenters. The third kappa shape index (κ3) is 9.15. The van der Waals surface area contributed by atoms with Crippen LogP contribution in [-0.4, -0.2) is 6.21 Å². The number of allylic oxidation sites excluding steroid dienone is 3. The minimum atomic E-state index is 0.966. The Kier molecular flexibility index (Phi) is 14.6. The van der Waals surface area contributed by atoms with Gasteiger partial charge < -0.3 is 0 Å². The van der Waals surface area contributed by atoms with Crippen LogP contribution in [0.4, 0.5) is 0 Å². The van der Waals surface area contributed by atoms with Crippen molar-refractivity contribution < 1.29 is 0 Å². The van der Waals surface area contributed by atoms with E-state index in [0.29, 0.717) is 0 Å². The molecule has 0 saturated heterocycles. The fraction of sp³-hybridized carbons (Fsp3) is 0.545. The molecule has 0 N–H and O–H groups in total. The molecule has 0 aliphatic carbocycles. The first-order valence-corrected chi connectivity index (χ1v) is 4.74. The second-order valence-electron chi connectivity index (χ2n) is 1.84. The Morgan fingerprint density at radius 3 is 2.33 bits per heavy atom. The van der Waals surface area contributed by atoms with Gasteiger partial charge >= 0.3 is 0 Å². The van der Waals surface area contributed by atoms with Crippen molar-refractivity contribution in [3.8, 4) is 0 Å². The lowest BCUT2D eigenvalue weighted by atomic mass is 10.3. The predicted molar refractivity (Wildman–Crippen MR) is 58.7 cm³/mol. The lowest BCUT2D eigenvalue weighted by molar-refractivity contribution is 1.45. The van der Waals surface area contributed by atoms with Gasteiger partial charge in [-0.3, -0.25) is 4.99 Å². The molecule has 1 nitrogen and oxygen atoms in total. The maximum atomic E-state index is 4.00. The van der Waals surface area contributed by atoms with Crippen molar-refractivity contribution in [3.05, 3.63) is 23.9 Å². The van der Waals surface area contributed by atoms with E-state index >= 15 is 0 Å². The number of aliphatic imine (C=N–C) groups is 1. The van der Waals surface area contributed by atoms with E-state index in [2.05, 4.69) is 17.1 Å². The van der Waals surface area contributed by atoms with Crippen LogP contribution in [0.2, 0.25) is 0 Å². The van der Waals surface area contributed by atoms with E-state index in [9.17, 15) is 0 Å². The molecule has 0 saturated carbocycles. The first-order chi connectivity index (χ1) is 5.89. The fourth-order valence-electron chi connectivity index (χ4n) is 0.589. The standard InChI is InChI=1S/C7H9N.2C2H6/c1-7-4-2-3-5-8-6-7;2*1-2/h2,4-6H,3H2,1H3;2*1-2H3. The van der Waals surface area contributed by atoms with Crippen LogP contribution < -0.4 is 0 Å². The van der Waals surface area contributed by atoms with Crippen LogP contribution in [0.1, 0.15) is 41.0 Å². The molecule has 0 bridgehead atoms. The molecule has 1 heteroatoms. The van der Waals surface area contributed by atoms with E-state index in [0.717, 1.165) is 6.42 Å². The lowest BCUT2D eigenvalue weighted by Gasteiger charge is -1.80. The van der Waals surface area contributed by atoms with Crippen LogP contribution in [0.25, 0.3) is 0 Å². The molecule has 0 aromatic heterocycles. The first-order valence-electron chi connectivity index (χ1n) is 4.74. The number of hydrogen-bond donors (Lipinski definition) is 0. The monoisotopic (exact) mass is 167 g/mol. The molecule has 0 aromatic carbocycles. The zero-order valence-corrected chi connectivity index (χ0v) is 8.96. The average molecular weight is 167 g/mol. The summed E-state index contributed by atoms with van der Waals surface area (Å²) in [6.45, 7) is 10.0. The van der Waals surface area contributed by atoms with Crippen molar-refractivity contribution in [2.45, 2.75) is 41.0 Å². The van der Waals surface area contributed by atoms with E-state index in [1.165, 1.54) is 5.57 Å². The Balaban J connectivity index is 0. The van der Waals surface area contributed by atoms with E-state index in [1.807, 2.05) is 47.0 Å². The molecular weight excluding hydrogens is 146 g/mol. The smallest absolute Gasteiger partial charge is 0.0293 e. The summed E-state index contributed by atoms with van der Waals surface area (Å²) in [5, 5.41) is 0. The fourth-order valence-corrected chi connectivity index (χ4v) is 0.589. The van der Waals surface area contributed by atoms with Crippen LogP contribution in [-0.2, 0) is 0 Å². The van der Waals surface area contributed by atoms with Crippen molar-refractivity contribution in [2.75, 3.05) is 0 Å². The maximum absolute atomic E-state index is 4.00. The molecule has 1 aliphatic heterocycles. The van der Waals surface area contributed by atoms with Gasteiger partial charge in [0, 0.05) is 18.8 Å². The summed E-state index contributed by atoms with van der Waals surface area (Å²) in [5.74, 6) is 0. The van der Waals surface area contributed by atoms with Gasteiger partial charge in [0.2, 0.25) is 0 Å². The highest BCUT2D eigenvalue weighted by atomic mass is 14.7. The van der Waals surface area contributed by atoms with Crippen molar-refractivity contribution in [1.82, 2.24) is 0 Å². The summed E-state index contributed by atoms with van der Waals surface area (Å²) in [6, 6.07) is 0. The maximum Gasteiger partial charge on any atom is 0.0293 e. The Hall–Kier alpha value is -0.850. The van der Waals surface area contributed by atoms with E-state index in [-0.39, 0.29) is 0 Å². The van der Waals surface area contributed by atoms with Gasteiger partial charge in [-0.1, -0.05) is 39.8 Å². The van der Waals surface area contributed by atoms with Crippen molar-refractivity contribution >= 4 is 6.21 Å². The summed E-state index contributed by atoms with van der Waals surface area (Å²) < 4.78 is 0. The molecule has 70 valence electrons. The predicted octanol–water partition coefficient (Wildman–Crippen LogP) is 3.97. The SMILES string of the molecule is CC.CC.CC1=CN=CCC=C1. The number of hydrogen-bond acceptors (Lipinski definition) is 1. The van der Waals surface area contributed by atoms with Crippen LogP contribution in [0, 0.1) is 0 Å². The normalized spacial score (nSPS) is 12.9. The third-order valence-corrected chi connectivity index (χ3v) is 1.01. The number of nitrogens with zero attached hydrogens (tertiary/aromatic N) is 1. The zero-order chi connectivity index (χ0) is 9.82. The van der Waals surface area contributed by atoms with E-state index in [1.54, 1.807) is 0 Å². The second-order valence-corrected chi connectivity index (χ2v) is 1.84. The minimum Gasteiger partial charge on any atom is -0.268 e. The lowest BCUT2D eigenvalue weighted by Crippen LogP contribution is -1.61. The molecule has 1 aliphatic rings. The summed E-state index contributed by atoms with van der Waals surface area (Å²) in [6.07, 6.45) is 8.90. The van der Waals surface area contributed by atoms with Crippen molar-refractivity contribution in [3.63, 3.8) is 0 Å². The Bertz CT molecular complexity index is 152. The van der Waals surface area contributed by atoms with Gasteiger partial charge in [0.15, 0.2) is 0 Å². The molecule has 0 amide bonds. The zero-order valence-electron chi connectivity index (χ0n) is 8.96. The third-order valence-electron chi connectivity index (χ3n) is 1.01. The van der Waals surface area contributed by atoms with Gasteiger partial charge in [-0.25, -0.2) is 0 Å². The van der Waals surface area contributed by atoms with Crippen LogP contribution in [0.3, 0.4) is 0 Å². The molecule has 0 atom stereocenters. The summed E-state index contributed by atoms with van der Waals surface area (Å²) in [7, 11) is 0. The molecule has 1 heterocycles. The first kappa shape index (κ1) is 13.7. The largest absolute Gasteiger partial charge is 0.268 e. The quantitative estimate of drug-likeness (QED) is 0.517. The Morgan fingerprint density at radius 2 is 1.75 bits per heavy atom. The van der Waals surface area contributed by atoms with Crippen molar-refractivity contribution in [2.24, 2.45) is 4.99 Å². The topological polar surface area (TPSA) is 12.4 Å². The second kappa shape index (κ2) is 12.8. The molecule has 1 rings (SSSR count). The van der Waals surface area contributed by atoms with Crippen LogP contribution >= 0.6 is 0 Å². The highest BCUT2D eigenvalue weighted by Gasteiger charge is 1.81. The van der Waals surface area contributed by atoms with Gasteiger partial charge in [-0.05, 0) is 12.5 Å². The molecule has 0 aromatic rings. The average Bonchev–Trinajstić information content (AvgIpc) is 2.40. The Labute approximate surface area is 76.9 Å². The Morgan fingerprint density at radius 1 is 1.17 bits per heavy atom.